The van der Waals surface area contributed by atoms with Gasteiger partial charge in [0.25, 0.3) is 11.6 Å². The second-order valence-electron chi connectivity index (χ2n) is 4.35. The molecule has 1 aromatic rings. The van der Waals surface area contributed by atoms with Crippen molar-refractivity contribution >= 4 is 29.1 Å². The maximum Gasteiger partial charge on any atom is 0.270 e. The van der Waals surface area contributed by atoms with E-state index in [4.69, 9.17) is 11.6 Å². The van der Waals surface area contributed by atoms with E-state index in [0.717, 1.165) is 6.07 Å². The van der Waals surface area contributed by atoms with Gasteiger partial charge in [0.15, 0.2) is 0 Å². The highest BCUT2D eigenvalue weighted by molar-refractivity contribution is 6.34. The first kappa shape index (κ1) is 14.3. The van der Waals surface area contributed by atoms with Gasteiger partial charge in [0.1, 0.15) is 0 Å². The minimum atomic E-state index is -0.584. The number of nitro benzene ring substituents is 1. The molecule has 8 heteroatoms. The van der Waals surface area contributed by atoms with E-state index in [-0.39, 0.29) is 28.7 Å². The molecule has 1 fully saturated rings. The minimum Gasteiger partial charge on any atom is -0.354 e. The Balaban J connectivity index is 2.24. The van der Waals surface area contributed by atoms with Gasteiger partial charge in [-0.2, -0.15) is 0 Å². The van der Waals surface area contributed by atoms with Crippen LogP contribution in [0.4, 0.5) is 5.69 Å². The summed E-state index contributed by atoms with van der Waals surface area (Å²) in [7, 11) is 0. The van der Waals surface area contributed by atoms with Gasteiger partial charge < -0.3 is 10.2 Å². The van der Waals surface area contributed by atoms with Crippen LogP contribution < -0.4 is 5.32 Å². The Morgan fingerprint density at radius 3 is 2.85 bits per heavy atom. The number of hydrogen-bond donors (Lipinski definition) is 1. The van der Waals surface area contributed by atoms with Gasteiger partial charge in [-0.1, -0.05) is 11.6 Å². The van der Waals surface area contributed by atoms with E-state index in [2.05, 4.69) is 5.32 Å². The van der Waals surface area contributed by atoms with E-state index in [9.17, 15) is 19.7 Å². The lowest BCUT2D eigenvalue weighted by molar-refractivity contribution is -0.384. The largest absolute Gasteiger partial charge is 0.354 e. The van der Waals surface area contributed by atoms with Gasteiger partial charge in [0, 0.05) is 25.2 Å². The predicted molar refractivity (Wildman–Crippen MR) is 71.6 cm³/mol. The number of carbonyl (C=O) groups is 2. The molecule has 1 aliphatic heterocycles. The van der Waals surface area contributed by atoms with Gasteiger partial charge in [-0.05, 0) is 12.5 Å². The highest BCUT2D eigenvalue weighted by Crippen LogP contribution is 2.23. The zero-order chi connectivity index (χ0) is 14.7. The Kier molecular flexibility index (Phi) is 4.19. The summed E-state index contributed by atoms with van der Waals surface area (Å²) in [4.78, 5) is 35.1. The zero-order valence-electron chi connectivity index (χ0n) is 10.5. The number of hydrogen-bond acceptors (Lipinski definition) is 4. The summed E-state index contributed by atoms with van der Waals surface area (Å²) in [6.07, 6.45) is 0.655. The van der Waals surface area contributed by atoms with E-state index in [1.807, 2.05) is 0 Å². The number of carbonyl (C=O) groups excluding carboxylic acids is 2. The van der Waals surface area contributed by atoms with Crippen molar-refractivity contribution in [1.29, 1.82) is 0 Å². The number of nitrogens with one attached hydrogen (secondary N) is 1. The van der Waals surface area contributed by atoms with Crippen LogP contribution in [0.15, 0.2) is 18.2 Å². The summed E-state index contributed by atoms with van der Waals surface area (Å²) < 4.78 is 0. The van der Waals surface area contributed by atoms with Crippen LogP contribution in [0.3, 0.4) is 0 Å². The number of nitro groups is 1. The molecule has 0 radical (unpaired) electrons. The lowest BCUT2D eigenvalue weighted by atomic mass is 10.1. The summed E-state index contributed by atoms with van der Waals surface area (Å²) in [5, 5.41) is 13.3. The molecule has 0 aromatic heterocycles. The van der Waals surface area contributed by atoms with Crippen molar-refractivity contribution in [2.24, 2.45) is 0 Å². The van der Waals surface area contributed by atoms with Gasteiger partial charge in [0.2, 0.25) is 5.91 Å². The second-order valence-corrected chi connectivity index (χ2v) is 4.76. The van der Waals surface area contributed by atoms with Crippen LogP contribution in [0.2, 0.25) is 5.02 Å². The normalized spacial score (nSPS) is 15.4. The molecule has 106 valence electrons. The summed E-state index contributed by atoms with van der Waals surface area (Å²) in [6.45, 7) is 0.924. The molecule has 0 spiro atoms. The fourth-order valence-corrected chi connectivity index (χ4v) is 2.20. The minimum absolute atomic E-state index is 0.00820. The van der Waals surface area contributed by atoms with Gasteiger partial charge >= 0.3 is 0 Å². The molecule has 0 bridgehead atoms. The Hall–Kier alpha value is -2.15. The number of halogens is 1. The SMILES string of the molecule is O=C1CN(C(=O)c2ccc([N+](=O)[O-])cc2Cl)CCCN1. The highest BCUT2D eigenvalue weighted by Gasteiger charge is 2.23. The molecular formula is C12H12ClN3O4. The third-order valence-electron chi connectivity index (χ3n) is 2.94. The van der Waals surface area contributed by atoms with Crippen molar-refractivity contribution in [1.82, 2.24) is 10.2 Å². The van der Waals surface area contributed by atoms with Gasteiger partial charge in [0.05, 0.1) is 22.1 Å². The number of nitrogens with zero attached hydrogens (tertiary/aromatic N) is 2. The van der Waals surface area contributed by atoms with Crippen LogP contribution in [0.25, 0.3) is 0 Å². The van der Waals surface area contributed by atoms with Crippen LogP contribution in [0, 0.1) is 10.1 Å². The summed E-state index contributed by atoms with van der Waals surface area (Å²) in [5.74, 6) is -0.629. The lowest BCUT2D eigenvalue weighted by Gasteiger charge is -2.19. The summed E-state index contributed by atoms with van der Waals surface area (Å²) >= 11 is 5.91. The molecule has 2 rings (SSSR count). The molecule has 2 amide bonds. The van der Waals surface area contributed by atoms with Crippen LogP contribution in [-0.2, 0) is 4.79 Å². The first-order valence-electron chi connectivity index (χ1n) is 5.99. The fourth-order valence-electron chi connectivity index (χ4n) is 1.94. The molecule has 20 heavy (non-hydrogen) atoms. The van der Waals surface area contributed by atoms with Crippen molar-refractivity contribution < 1.29 is 14.5 Å². The van der Waals surface area contributed by atoms with Crippen molar-refractivity contribution in [3.05, 3.63) is 38.9 Å². The summed E-state index contributed by atoms with van der Waals surface area (Å²) in [6, 6.07) is 3.66. The van der Waals surface area contributed by atoms with Gasteiger partial charge in [-0.25, -0.2) is 0 Å². The summed E-state index contributed by atoms with van der Waals surface area (Å²) in [5.41, 5.74) is -0.0212. The van der Waals surface area contributed by atoms with Crippen LogP contribution in [0.1, 0.15) is 16.8 Å². The van der Waals surface area contributed by atoms with Gasteiger partial charge in [-0.3, -0.25) is 19.7 Å². The molecule has 7 nitrogen and oxygen atoms in total. The number of amides is 2. The van der Waals surface area contributed by atoms with E-state index in [1.165, 1.54) is 17.0 Å². The molecule has 0 unspecified atom stereocenters. The number of rotatable bonds is 2. The molecule has 1 N–H and O–H groups in total. The quantitative estimate of drug-likeness (QED) is 0.656. The van der Waals surface area contributed by atoms with E-state index < -0.39 is 10.8 Å². The predicted octanol–water partition coefficient (Wildman–Crippen LogP) is 1.21. The van der Waals surface area contributed by atoms with Crippen molar-refractivity contribution in [3.63, 3.8) is 0 Å². The van der Waals surface area contributed by atoms with Crippen LogP contribution >= 0.6 is 11.6 Å². The Morgan fingerprint density at radius 1 is 1.45 bits per heavy atom. The highest BCUT2D eigenvalue weighted by atomic mass is 35.5. The van der Waals surface area contributed by atoms with E-state index in [0.29, 0.717) is 19.5 Å². The molecule has 0 atom stereocenters. The molecule has 1 heterocycles. The topological polar surface area (TPSA) is 92.5 Å². The Morgan fingerprint density at radius 2 is 2.20 bits per heavy atom. The molecule has 1 aliphatic rings. The molecule has 1 aromatic carbocycles. The third-order valence-corrected chi connectivity index (χ3v) is 3.26. The maximum atomic E-state index is 12.3. The monoisotopic (exact) mass is 297 g/mol. The average Bonchev–Trinajstić information content (AvgIpc) is 2.62. The first-order chi connectivity index (χ1) is 9.49. The second kappa shape index (κ2) is 5.87. The number of non-ortho nitro benzene ring substituents is 1. The third kappa shape index (κ3) is 3.05. The smallest absolute Gasteiger partial charge is 0.270 e. The number of benzene rings is 1. The van der Waals surface area contributed by atoms with Crippen LogP contribution in [0.5, 0.6) is 0 Å². The van der Waals surface area contributed by atoms with E-state index in [1.54, 1.807) is 0 Å². The van der Waals surface area contributed by atoms with Crippen molar-refractivity contribution in [3.8, 4) is 0 Å². The first-order valence-corrected chi connectivity index (χ1v) is 6.37. The average molecular weight is 298 g/mol. The van der Waals surface area contributed by atoms with E-state index >= 15 is 0 Å². The zero-order valence-corrected chi connectivity index (χ0v) is 11.2. The molecule has 0 aliphatic carbocycles. The standard InChI is InChI=1S/C12H12ClN3O4/c13-10-6-8(16(19)20)2-3-9(10)12(18)15-5-1-4-14-11(17)7-15/h2-3,6H,1,4-5,7H2,(H,14,17). The Labute approximate surface area is 119 Å². The molecular weight excluding hydrogens is 286 g/mol. The Bertz CT molecular complexity index is 576. The van der Waals surface area contributed by atoms with Crippen LogP contribution in [-0.4, -0.2) is 41.3 Å². The van der Waals surface area contributed by atoms with Crippen molar-refractivity contribution in [2.75, 3.05) is 19.6 Å². The van der Waals surface area contributed by atoms with Gasteiger partial charge in [-0.15, -0.1) is 0 Å². The maximum absolute atomic E-state index is 12.3. The molecule has 0 saturated carbocycles. The lowest BCUT2D eigenvalue weighted by Crippen LogP contribution is -2.37. The fraction of sp³-hybridized carbons (Fsp3) is 0.333. The molecule has 1 saturated heterocycles. The van der Waals surface area contributed by atoms with Crippen molar-refractivity contribution in [2.45, 2.75) is 6.42 Å².